The van der Waals surface area contributed by atoms with Crippen LogP contribution in [0.2, 0.25) is 0 Å². The molecule has 0 saturated carbocycles. The Hall–Kier alpha value is -3.04. The van der Waals surface area contributed by atoms with Crippen LogP contribution in [0.4, 0.5) is 0 Å². The summed E-state index contributed by atoms with van der Waals surface area (Å²) in [6, 6.07) is 13.8. The number of piperidine rings is 1. The molecule has 0 amide bonds. The maximum absolute atomic E-state index is 9.00. The van der Waals surface area contributed by atoms with Gasteiger partial charge in [-0.2, -0.15) is 5.26 Å². The lowest BCUT2D eigenvalue weighted by Crippen LogP contribution is -2.34. The second-order valence-electron chi connectivity index (χ2n) is 8.05. The third-order valence-electron chi connectivity index (χ3n) is 6.12. The summed E-state index contributed by atoms with van der Waals surface area (Å²) in [5, 5.41) is 14.6. The highest BCUT2D eigenvalue weighted by Gasteiger charge is 2.24. The fraction of sp³-hybridized carbons (Fsp3) is 0.440. The molecule has 0 aliphatic carbocycles. The summed E-state index contributed by atoms with van der Waals surface area (Å²) in [5.41, 5.74) is 3.88. The zero-order valence-electron chi connectivity index (χ0n) is 18.3. The number of rotatable bonds is 8. The van der Waals surface area contributed by atoms with E-state index in [9.17, 15) is 0 Å². The number of benzene rings is 2. The lowest BCUT2D eigenvalue weighted by Gasteiger charge is -2.31. The van der Waals surface area contributed by atoms with E-state index in [1.165, 1.54) is 10.9 Å². The molecule has 1 fully saturated rings. The molecule has 162 valence electrons. The van der Waals surface area contributed by atoms with E-state index >= 15 is 0 Å². The van der Waals surface area contributed by atoms with Crippen molar-refractivity contribution >= 4 is 11.0 Å². The maximum atomic E-state index is 9.00. The van der Waals surface area contributed by atoms with Gasteiger partial charge in [0, 0.05) is 23.9 Å². The first kappa shape index (κ1) is 21.2. The third-order valence-corrected chi connectivity index (χ3v) is 6.12. The van der Waals surface area contributed by atoms with E-state index < -0.39 is 0 Å². The second kappa shape index (κ2) is 9.84. The molecule has 6 heteroatoms. The van der Waals surface area contributed by atoms with E-state index in [0.717, 1.165) is 56.6 Å². The van der Waals surface area contributed by atoms with Crippen LogP contribution >= 0.6 is 0 Å². The fourth-order valence-corrected chi connectivity index (χ4v) is 4.27. The molecule has 0 atom stereocenters. The third kappa shape index (κ3) is 4.83. The average Bonchev–Trinajstić information content (AvgIpc) is 3.25. The highest BCUT2D eigenvalue weighted by molar-refractivity contribution is 5.80. The summed E-state index contributed by atoms with van der Waals surface area (Å²) >= 11 is 0. The average molecular weight is 420 g/mol. The molecule has 1 aliphatic heterocycles. The lowest BCUT2D eigenvalue weighted by molar-refractivity contribution is 0.189. The number of aromatic nitrogens is 1. The number of hydrogen-bond acceptors (Lipinski definition) is 6. The van der Waals surface area contributed by atoms with E-state index in [-0.39, 0.29) is 0 Å². The molecule has 0 radical (unpaired) electrons. The first-order valence-corrected chi connectivity index (χ1v) is 11.0. The van der Waals surface area contributed by atoms with Crippen molar-refractivity contribution in [3.05, 3.63) is 53.2 Å². The standard InChI is InChI=1S/C25H29N3O3/c1-3-18-5-7-21-23(15-18)31-27-25(21)20-9-12-28(13-10-20)11-4-14-30-22-8-6-19(17-26)16-24(22)29-2/h5-8,15-16,20H,3-4,9-14H2,1-2H3. The van der Waals surface area contributed by atoms with Gasteiger partial charge in [0.2, 0.25) is 0 Å². The molecule has 0 N–H and O–H groups in total. The molecule has 2 aromatic carbocycles. The van der Waals surface area contributed by atoms with Crippen molar-refractivity contribution < 1.29 is 14.0 Å². The van der Waals surface area contributed by atoms with E-state index in [4.69, 9.17) is 19.3 Å². The van der Waals surface area contributed by atoms with Crippen LogP contribution in [0.15, 0.2) is 40.9 Å². The minimum Gasteiger partial charge on any atom is -0.493 e. The van der Waals surface area contributed by atoms with Crippen LogP contribution in [0.1, 0.15) is 48.9 Å². The van der Waals surface area contributed by atoms with E-state index in [0.29, 0.717) is 29.6 Å². The largest absolute Gasteiger partial charge is 0.493 e. The molecular weight excluding hydrogens is 390 g/mol. The Balaban J connectivity index is 1.24. The molecule has 1 aliphatic rings. The van der Waals surface area contributed by atoms with Crippen LogP contribution < -0.4 is 9.47 Å². The van der Waals surface area contributed by atoms with Gasteiger partial charge in [-0.3, -0.25) is 0 Å². The Bertz CT molecular complexity index is 1060. The Morgan fingerprint density at radius 3 is 2.74 bits per heavy atom. The van der Waals surface area contributed by atoms with E-state index in [1.54, 1.807) is 25.3 Å². The molecule has 31 heavy (non-hydrogen) atoms. The summed E-state index contributed by atoms with van der Waals surface area (Å²) in [4.78, 5) is 2.49. The Morgan fingerprint density at radius 1 is 1.16 bits per heavy atom. The first-order valence-electron chi connectivity index (χ1n) is 11.0. The fourth-order valence-electron chi connectivity index (χ4n) is 4.27. The predicted molar refractivity (Wildman–Crippen MR) is 120 cm³/mol. The molecule has 4 rings (SSSR count). The highest BCUT2D eigenvalue weighted by Crippen LogP contribution is 2.33. The van der Waals surface area contributed by atoms with Gasteiger partial charge in [0.1, 0.15) is 0 Å². The van der Waals surface area contributed by atoms with Crippen molar-refractivity contribution in [1.29, 1.82) is 5.26 Å². The zero-order chi connectivity index (χ0) is 21.6. The lowest BCUT2D eigenvalue weighted by atomic mass is 9.91. The number of likely N-dealkylation sites (tertiary alicyclic amines) is 1. The Kier molecular flexibility index (Phi) is 6.73. The summed E-state index contributed by atoms with van der Waals surface area (Å²) in [7, 11) is 1.59. The molecule has 1 saturated heterocycles. The molecule has 6 nitrogen and oxygen atoms in total. The van der Waals surface area contributed by atoms with Gasteiger partial charge in [-0.1, -0.05) is 18.1 Å². The zero-order valence-corrected chi connectivity index (χ0v) is 18.3. The minimum atomic E-state index is 0.462. The van der Waals surface area contributed by atoms with Crippen molar-refractivity contribution in [3.8, 4) is 17.6 Å². The summed E-state index contributed by atoms with van der Waals surface area (Å²) < 4.78 is 16.8. The topological polar surface area (TPSA) is 71.5 Å². The van der Waals surface area contributed by atoms with Crippen LogP contribution in [-0.2, 0) is 6.42 Å². The summed E-state index contributed by atoms with van der Waals surface area (Å²) in [5.74, 6) is 1.75. The summed E-state index contributed by atoms with van der Waals surface area (Å²) in [6.45, 7) is 5.90. The molecule has 2 heterocycles. The quantitative estimate of drug-likeness (QED) is 0.483. The molecule has 3 aromatic rings. The number of nitriles is 1. The van der Waals surface area contributed by atoms with E-state index in [2.05, 4.69) is 41.2 Å². The SMILES string of the molecule is CCc1ccc2c(C3CCN(CCCOc4ccc(C#N)cc4OC)CC3)noc2c1. The van der Waals surface area contributed by atoms with Crippen LogP contribution in [0.5, 0.6) is 11.5 Å². The number of ether oxygens (including phenoxy) is 2. The maximum Gasteiger partial charge on any atom is 0.167 e. The highest BCUT2D eigenvalue weighted by atomic mass is 16.5. The van der Waals surface area contributed by atoms with Crippen molar-refractivity contribution in [3.63, 3.8) is 0 Å². The van der Waals surface area contributed by atoms with Gasteiger partial charge in [-0.05, 0) is 68.6 Å². The van der Waals surface area contributed by atoms with Gasteiger partial charge >= 0.3 is 0 Å². The predicted octanol–water partition coefficient (Wildman–Crippen LogP) is 4.92. The Morgan fingerprint density at radius 2 is 2.00 bits per heavy atom. The van der Waals surface area contributed by atoms with Crippen molar-refractivity contribution in [1.82, 2.24) is 10.1 Å². The van der Waals surface area contributed by atoms with Crippen LogP contribution in [0.25, 0.3) is 11.0 Å². The smallest absolute Gasteiger partial charge is 0.167 e. The second-order valence-corrected chi connectivity index (χ2v) is 8.05. The van der Waals surface area contributed by atoms with E-state index in [1.807, 2.05) is 0 Å². The number of hydrogen-bond donors (Lipinski definition) is 0. The first-order chi connectivity index (χ1) is 15.2. The molecule has 1 aromatic heterocycles. The van der Waals surface area contributed by atoms with Gasteiger partial charge in [0.15, 0.2) is 17.1 Å². The van der Waals surface area contributed by atoms with Gasteiger partial charge < -0.3 is 18.9 Å². The number of nitrogens with zero attached hydrogens (tertiary/aromatic N) is 3. The van der Waals surface area contributed by atoms with Crippen molar-refractivity contribution in [2.24, 2.45) is 0 Å². The minimum absolute atomic E-state index is 0.462. The molecular formula is C25H29N3O3. The number of aryl methyl sites for hydroxylation is 1. The normalized spacial score (nSPS) is 15.1. The molecule has 0 unspecified atom stereocenters. The van der Waals surface area contributed by atoms with Crippen molar-refractivity contribution in [2.45, 2.75) is 38.5 Å². The van der Waals surface area contributed by atoms with Crippen LogP contribution in [0, 0.1) is 11.3 Å². The van der Waals surface area contributed by atoms with Crippen LogP contribution in [-0.4, -0.2) is 43.4 Å². The molecule has 0 spiro atoms. The monoisotopic (exact) mass is 419 g/mol. The van der Waals surface area contributed by atoms with Gasteiger partial charge in [0.25, 0.3) is 0 Å². The number of fused-ring (bicyclic) bond motifs is 1. The molecule has 0 bridgehead atoms. The van der Waals surface area contributed by atoms with Gasteiger partial charge in [0.05, 0.1) is 31.0 Å². The van der Waals surface area contributed by atoms with Crippen LogP contribution in [0.3, 0.4) is 0 Å². The van der Waals surface area contributed by atoms with Crippen molar-refractivity contribution in [2.75, 3.05) is 33.4 Å². The van der Waals surface area contributed by atoms with Gasteiger partial charge in [-0.15, -0.1) is 0 Å². The van der Waals surface area contributed by atoms with Gasteiger partial charge in [-0.25, -0.2) is 0 Å². The Labute approximate surface area is 183 Å². The summed E-state index contributed by atoms with van der Waals surface area (Å²) in [6.07, 6.45) is 4.15. The number of methoxy groups -OCH3 is 1.